The molecule has 1 fully saturated rings. The van der Waals surface area contributed by atoms with Gasteiger partial charge in [0, 0.05) is 26.2 Å². The molecule has 0 saturated carbocycles. The molecule has 1 saturated heterocycles. The highest BCUT2D eigenvalue weighted by Gasteiger charge is 2.25. The molecule has 2 amide bonds. The number of carbonyl (C=O) groups is 2. The molecule has 6 heteroatoms. The first-order valence-corrected chi connectivity index (χ1v) is 11.1. The quantitative estimate of drug-likeness (QED) is 0.707. The van der Waals surface area contributed by atoms with Crippen molar-refractivity contribution in [3.05, 3.63) is 59.2 Å². The molecule has 2 aromatic rings. The van der Waals surface area contributed by atoms with Crippen LogP contribution in [-0.4, -0.2) is 61.5 Å². The highest BCUT2D eigenvalue weighted by atomic mass is 16.5. The third-order valence-electron chi connectivity index (χ3n) is 5.77. The van der Waals surface area contributed by atoms with Crippen molar-refractivity contribution in [1.29, 1.82) is 0 Å². The van der Waals surface area contributed by atoms with Gasteiger partial charge in [0.1, 0.15) is 11.5 Å². The molecular weight excluding hydrogens is 404 g/mol. The summed E-state index contributed by atoms with van der Waals surface area (Å²) >= 11 is 0. The van der Waals surface area contributed by atoms with Crippen molar-refractivity contribution in [2.45, 2.75) is 39.5 Å². The van der Waals surface area contributed by atoms with Crippen LogP contribution in [0.25, 0.3) is 0 Å². The Labute approximate surface area is 191 Å². The largest absolute Gasteiger partial charge is 0.496 e. The average Bonchev–Trinajstić information content (AvgIpc) is 3.03. The first-order chi connectivity index (χ1) is 15.2. The lowest BCUT2D eigenvalue weighted by molar-refractivity contribution is -0.133. The van der Waals surface area contributed by atoms with E-state index in [1.807, 2.05) is 24.3 Å². The van der Waals surface area contributed by atoms with Crippen molar-refractivity contribution >= 4 is 11.8 Å². The summed E-state index contributed by atoms with van der Waals surface area (Å²) in [5, 5.41) is 0. The lowest BCUT2D eigenvalue weighted by atomic mass is 9.85. The number of nitrogens with zero attached hydrogens (tertiary/aromatic N) is 2. The van der Waals surface area contributed by atoms with Crippen LogP contribution in [0.5, 0.6) is 11.5 Å². The zero-order chi connectivity index (χ0) is 23.3. The van der Waals surface area contributed by atoms with E-state index in [4.69, 9.17) is 9.47 Å². The molecule has 32 heavy (non-hydrogen) atoms. The van der Waals surface area contributed by atoms with Gasteiger partial charge < -0.3 is 19.3 Å². The van der Waals surface area contributed by atoms with E-state index in [1.54, 1.807) is 29.0 Å². The first-order valence-electron chi connectivity index (χ1n) is 11.1. The second-order valence-electron chi connectivity index (χ2n) is 9.27. The van der Waals surface area contributed by atoms with Gasteiger partial charge in [-0.2, -0.15) is 0 Å². The monoisotopic (exact) mass is 438 g/mol. The first kappa shape index (κ1) is 23.6. The van der Waals surface area contributed by atoms with Crippen LogP contribution >= 0.6 is 0 Å². The number of benzene rings is 2. The summed E-state index contributed by atoms with van der Waals surface area (Å²) in [5.74, 6) is 1.19. The predicted octanol–water partition coefficient (Wildman–Crippen LogP) is 4.05. The second-order valence-corrected chi connectivity index (χ2v) is 9.27. The summed E-state index contributed by atoms with van der Waals surface area (Å²) in [6.07, 6.45) is 0.727. The summed E-state index contributed by atoms with van der Waals surface area (Å²) in [6, 6.07) is 13.3. The minimum Gasteiger partial charge on any atom is -0.496 e. The molecular formula is C26H34N2O4. The van der Waals surface area contributed by atoms with Crippen LogP contribution < -0.4 is 9.47 Å². The minimum absolute atomic E-state index is 0.00735. The van der Waals surface area contributed by atoms with Gasteiger partial charge in [-0.25, -0.2) is 0 Å². The Kier molecular flexibility index (Phi) is 7.44. The van der Waals surface area contributed by atoms with Crippen molar-refractivity contribution < 1.29 is 19.1 Å². The molecule has 6 nitrogen and oxygen atoms in total. The van der Waals surface area contributed by atoms with Crippen molar-refractivity contribution in [1.82, 2.24) is 9.80 Å². The smallest absolute Gasteiger partial charge is 0.260 e. The number of rotatable bonds is 5. The molecule has 0 unspecified atom stereocenters. The van der Waals surface area contributed by atoms with E-state index in [9.17, 15) is 9.59 Å². The van der Waals surface area contributed by atoms with E-state index >= 15 is 0 Å². The van der Waals surface area contributed by atoms with Crippen molar-refractivity contribution in [2.24, 2.45) is 0 Å². The Morgan fingerprint density at radius 2 is 1.62 bits per heavy atom. The van der Waals surface area contributed by atoms with Crippen LogP contribution in [0, 0.1) is 6.92 Å². The molecule has 2 aromatic carbocycles. The van der Waals surface area contributed by atoms with E-state index < -0.39 is 0 Å². The van der Waals surface area contributed by atoms with Crippen molar-refractivity contribution in [3.8, 4) is 11.5 Å². The molecule has 0 atom stereocenters. The van der Waals surface area contributed by atoms with E-state index in [0.29, 0.717) is 37.5 Å². The van der Waals surface area contributed by atoms with E-state index in [-0.39, 0.29) is 23.8 Å². The maximum absolute atomic E-state index is 13.0. The number of hydrogen-bond donors (Lipinski definition) is 0. The molecule has 3 rings (SSSR count). The molecule has 1 aliphatic heterocycles. The molecule has 0 bridgehead atoms. The van der Waals surface area contributed by atoms with Crippen LogP contribution in [-0.2, 0) is 10.2 Å². The van der Waals surface area contributed by atoms with E-state index in [1.165, 1.54) is 5.56 Å². The summed E-state index contributed by atoms with van der Waals surface area (Å²) in [7, 11) is 1.56. The van der Waals surface area contributed by atoms with Crippen LogP contribution in [0.4, 0.5) is 0 Å². The number of hydrogen-bond acceptors (Lipinski definition) is 4. The minimum atomic E-state index is -0.0770. The summed E-state index contributed by atoms with van der Waals surface area (Å²) < 4.78 is 11.3. The van der Waals surface area contributed by atoms with Crippen LogP contribution in [0.3, 0.4) is 0 Å². The van der Waals surface area contributed by atoms with Gasteiger partial charge in [0.2, 0.25) is 0 Å². The molecule has 0 radical (unpaired) electrons. The zero-order valence-corrected chi connectivity index (χ0v) is 19.8. The normalized spacial score (nSPS) is 14.7. The Bertz CT molecular complexity index is 965. The maximum Gasteiger partial charge on any atom is 0.260 e. The fraction of sp³-hybridized carbons (Fsp3) is 0.462. The van der Waals surface area contributed by atoms with Gasteiger partial charge in [0.15, 0.2) is 6.61 Å². The highest BCUT2D eigenvalue weighted by molar-refractivity contribution is 5.97. The van der Waals surface area contributed by atoms with Crippen molar-refractivity contribution in [3.63, 3.8) is 0 Å². The predicted molar refractivity (Wildman–Crippen MR) is 125 cm³/mol. The van der Waals surface area contributed by atoms with Gasteiger partial charge >= 0.3 is 0 Å². The van der Waals surface area contributed by atoms with Gasteiger partial charge in [-0.3, -0.25) is 9.59 Å². The lowest BCUT2D eigenvalue weighted by Crippen LogP contribution is -2.39. The molecule has 0 spiro atoms. The molecule has 1 aliphatic rings. The number of para-hydroxylation sites is 1. The summed E-state index contributed by atoms with van der Waals surface area (Å²) in [4.78, 5) is 29.5. The topological polar surface area (TPSA) is 59.1 Å². The second kappa shape index (κ2) is 10.1. The number of aryl methyl sites for hydroxylation is 1. The van der Waals surface area contributed by atoms with Gasteiger partial charge in [-0.15, -0.1) is 0 Å². The number of methoxy groups -OCH3 is 1. The standard InChI is InChI=1S/C26H34N2O4/c1-19-11-12-23(21(17-19)26(2,3)4)32-18-24(29)27-13-8-14-28(16-15-27)25(30)20-9-6-7-10-22(20)31-5/h6-7,9-12,17H,8,13-16,18H2,1-5H3. The molecule has 0 aliphatic carbocycles. The molecule has 0 aromatic heterocycles. The molecule has 0 N–H and O–H groups in total. The van der Waals surface area contributed by atoms with Crippen LogP contribution in [0.2, 0.25) is 0 Å². The lowest BCUT2D eigenvalue weighted by Gasteiger charge is -2.25. The Balaban J connectivity index is 1.61. The number of amides is 2. The van der Waals surface area contributed by atoms with E-state index in [0.717, 1.165) is 17.7 Å². The number of carbonyl (C=O) groups excluding carboxylic acids is 2. The van der Waals surface area contributed by atoms with Gasteiger partial charge in [-0.1, -0.05) is 50.6 Å². The zero-order valence-electron chi connectivity index (χ0n) is 19.8. The SMILES string of the molecule is COc1ccccc1C(=O)N1CCCN(C(=O)COc2ccc(C)cc2C(C)(C)C)CC1. The maximum atomic E-state index is 13.0. The van der Waals surface area contributed by atoms with Gasteiger partial charge in [0.25, 0.3) is 11.8 Å². The molecule has 172 valence electrons. The Morgan fingerprint density at radius 1 is 0.938 bits per heavy atom. The highest BCUT2D eigenvalue weighted by Crippen LogP contribution is 2.32. The van der Waals surface area contributed by atoms with Crippen LogP contribution in [0.15, 0.2) is 42.5 Å². The van der Waals surface area contributed by atoms with Crippen molar-refractivity contribution in [2.75, 3.05) is 39.9 Å². The van der Waals surface area contributed by atoms with Crippen LogP contribution in [0.1, 0.15) is 48.7 Å². The fourth-order valence-corrected chi connectivity index (χ4v) is 3.95. The summed E-state index contributed by atoms with van der Waals surface area (Å²) in [6.45, 7) is 10.6. The fourth-order valence-electron chi connectivity index (χ4n) is 3.95. The Hall–Kier alpha value is -3.02. The Morgan fingerprint density at radius 3 is 2.34 bits per heavy atom. The van der Waals surface area contributed by atoms with E-state index in [2.05, 4.69) is 33.8 Å². The average molecular weight is 439 g/mol. The molecule has 1 heterocycles. The third-order valence-corrected chi connectivity index (χ3v) is 5.77. The third kappa shape index (κ3) is 5.61. The number of ether oxygens (including phenoxy) is 2. The summed E-state index contributed by atoms with van der Waals surface area (Å²) in [5.41, 5.74) is 2.73. The van der Waals surface area contributed by atoms with Gasteiger partial charge in [0.05, 0.1) is 12.7 Å². The van der Waals surface area contributed by atoms with Gasteiger partial charge in [-0.05, 0) is 42.5 Å².